The van der Waals surface area contributed by atoms with E-state index in [4.69, 9.17) is 4.98 Å². The lowest BCUT2D eigenvalue weighted by molar-refractivity contribution is -0.117. The lowest BCUT2D eigenvalue weighted by Crippen LogP contribution is -2.54. The molecule has 0 unspecified atom stereocenters. The summed E-state index contributed by atoms with van der Waals surface area (Å²) < 4.78 is 8.61. The molecule has 0 saturated heterocycles. The molecule has 2 aliphatic carbocycles. The Morgan fingerprint density at radius 1 is 1.16 bits per heavy atom. The van der Waals surface area contributed by atoms with Crippen molar-refractivity contribution in [2.24, 2.45) is 0 Å². The summed E-state index contributed by atoms with van der Waals surface area (Å²) in [5, 5.41) is 14.1. The number of rotatable bonds is 3. The summed E-state index contributed by atoms with van der Waals surface area (Å²) in [4.78, 5) is 25.8. The number of aryl methyl sites for hydroxylation is 1. The fourth-order valence-electron chi connectivity index (χ4n) is 5.41. The van der Waals surface area contributed by atoms with Gasteiger partial charge in [-0.2, -0.15) is 13.7 Å². The van der Waals surface area contributed by atoms with Crippen molar-refractivity contribution in [3.63, 3.8) is 0 Å². The summed E-state index contributed by atoms with van der Waals surface area (Å²) in [5.41, 5.74) is 3.50. The van der Waals surface area contributed by atoms with Crippen molar-refractivity contribution in [1.29, 1.82) is 0 Å². The van der Waals surface area contributed by atoms with Crippen molar-refractivity contribution in [2.75, 3.05) is 28.7 Å². The van der Waals surface area contributed by atoms with Gasteiger partial charge in [0.2, 0.25) is 11.9 Å². The quantitative estimate of drug-likeness (QED) is 0.644. The largest absolute Gasteiger partial charge is 0.390 e. The molecule has 2 aromatic heterocycles. The first-order valence-electron chi connectivity index (χ1n) is 10.5. The van der Waals surface area contributed by atoms with Gasteiger partial charge in [0.15, 0.2) is 5.82 Å². The molecule has 31 heavy (non-hydrogen) atoms. The van der Waals surface area contributed by atoms with Crippen LogP contribution in [0.15, 0.2) is 18.3 Å². The maximum absolute atomic E-state index is 12.7. The minimum absolute atomic E-state index is 0.0193. The summed E-state index contributed by atoms with van der Waals surface area (Å²) in [6.07, 6.45) is 5.70. The van der Waals surface area contributed by atoms with E-state index in [1.807, 2.05) is 19.1 Å². The van der Waals surface area contributed by atoms with Gasteiger partial charge in [0.1, 0.15) is 16.7 Å². The summed E-state index contributed by atoms with van der Waals surface area (Å²) in [7, 11) is 1.76. The molecular formula is C21H23N7O2S. The van der Waals surface area contributed by atoms with Gasteiger partial charge in [-0.25, -0.2) is 4.98 Å². The number of aromatic nitrogens is 4. The Balaban J connectivity index is 1.40. The van der Waals surface area contributed by atoms with Crippen molar-refractivity contribution in [2.45, 2.75) is 50.2 Å². The highest BCUT2D eigenvalue weighted by atomic mass is 32.1. The van der Waals surface area contributed by atoms with Gasteiger partial charge in [0, 0.05) is 18.3 Å². The molecule has 3 aliphatic rings. The third-order valence-corrected chi connectivity index (χ3v) is 7.78. The molecule has 10 heteroatoms. The number of nitrogens with one attached hydrogen (secondary N) is 1. The van der Waals surface area contributed by atoms with Crippen LogP contribution in [0.1, 0.15) is 37.7 Å². The van der Waals surface area contributed by atoms with E-state index >= 15 is 0 Å². The lowest BCUT2D eigenvalue weighted by Gasteiger charge is -2.45. The average molecular weight is 438 g/mol. The molecule has 1 aromatic carbocycles. The lowest BCUT2D eigenvalue weighted by atomic mass is 9.90. The third kappa shape index (κ3) is 2.81. The number of likely N-dealkylation sites (N-methyl/N-ethyl adjacent to an activating group) is 1. The number of hydrogen-bond acceptors (Lipinski definition) is 9. The second-order valence-corrected chi connectivity index (χ2v) is 9.64. The number of carbonyl (C=O) groups excluding carboxylic acids is 1. The minimum Gasteiger partial charge on any atom is -0.390 e. The molecule has 1 aliphatic heterocycles. The van der Waals surface area contributed by atoms with Crippen LogP contribution >= 0.6 is 11.7 Å². The van der Waals surface area contributed by atoms with E-state index < -0.39 is 5.60 Å². The Labute approximate surface area is 183 Å². The molecule has 160 valence electrons. The molecule has 3 aromatic rings. The van der Waals surface area contributed by atoms with E-state index in [2.05, 4.69) is 23.9 Å². The highest BCUT2D eigenvalue weighted by Crippen LogP contribution is 2.55. The number of carbonyl (C=O) groups is 1. The molecule has 0 radical (unpaired) electrons. The Hall–Kier alpha value is -2.85. The van der Waals surface area contributed by atoms with Crippen LogP contribution in [0.2, 0.25) is 0 Å². The fraction of sp³-hybridized carbons (Fsp3) is 0.476. The number of hydrogen-bond donors (Lipinski definition) is 2. The predicted octanol–water partition coefficient (Wildman–Crippen LogP) is 2.76. The average Bonchev–Trinajstić information content (AvgIpc) is 3.44. The number of aliphatic hydroxyl groups is 1. The highest BCUT2D eigenvalue weighted by Gasteiger charge is 2.58. The Morgan fingerprint density at radius 2 is 1.90 bits per heavy atom. The van der Waals surface area contributed by atoms with Crippen molar-refractivity contribution in [3.8, 4) is 0 Å². The zero-order valence-electron chi connectivity index (χ0n) is 17.4. The SMILES string of the molecule is Cc1cc2nsnc2cc1Nc1ncc2c(n1)N(C13CCC(O)(CC1)C3)CC(=O)N2C. The Morgan fingerprint density at radius 3 is 2.61 bits per heavy atom. The number of benzene rings is 1. The summed E-state index contributed by atoms with van der Waals surface area (Å²) in [6.45, 7) is 2.28. The molecule has 0 atom stereocenters. The van der Waals surface area contributed by atoms with Crippen molar-refractivity contribution >= 4 is 51.8 Å². The second-order valence-electron chi connectivity index (χ2n) is 9.11. The molecule has 6 rings (SSSR count). The van der Waals surface area contributed by atoms with Crippen LogP contribution in [0.25, 0.3) is 11.0 Å². The number of fused-ring (bicyclic) bond motifs is 4. The highest BCUT2D eigenvalue weighted by molar-refractivity contribution is 7.00. The van der Waals surface area contributed by atoms with Crippen LogP contribution in [0.4, 0.5) is 23.1 Å². The molecule has 9 nitrogen and oxygen atoms in total. The van der Waals surface area contributed by atoms with E-state index in [9.17, 15) is 9.90 Å². The molecule has 2 fully saturated rings. The monoisotopic (exact) mass is 437 g/mol. The predicted molar refractivity (Wildman–Crippen MR) is 119 cm³/mol. The van der Waals surface area contributed by atoms with Gasteiger partial charge in [-0.05, 0) is 56.7 Å². The molecule has 0 spiro atoms. The normalized spacial score (nSPS) is 27.3. The van der Waals surface area contributed by atoms with Gasteiger partial charge in [0.25, 0.3) is 0 Å². The summed E-state index contributed by atoms with van der Waals surface area (Å²) in [6, 6.07) is 3.95. The van der Waals surface area contributed by atoms with Crippen molar-refractivity contribution in [3.05, 3.63) is 23.9 Å². The zero-order chi connectivity index (χ0) is 21.4. The van der Waals surface area contributed by atoms with Crippen molar-refractivity contribution < 1.29 is 9.90 Å². The van der Waals surface area contributed by atoms with Crippen LogP contribution in [0, 0.1) is 6.92 Å². The molecule has 2 saturated carbocycles. The van der Waals surface area contributed by atoms with Crippen molar-refractivity contribution in [1.82, 2.24) is 18.7 Å². The van der Waals surface area contributed by atoms with Crippen LogP contribution in [0.3, 0.4) is 0 Å². The third-order valence-electron chi connectivity index (χ3n) is 7.22. The minimum atomic E-state index is -0.602. The van der Waals surface area contributed by atoms with E-state index in [1.54, 1.807) is 18.1 Å². The standard InChI is InChI=1S/C21H23N7O2S/c1-12-7-14-15(26-31-25-14)8-13(12)23-19-22-9-16-18(24-19)28(10-17(29)27(16)2)20-3-5-21(30,11-20)6-4-20/h7-9,30H,3-6,10-11H2,1-2H3,(H,22,23,24). The van der Waals surface area contributed by atoms with Gasteiger partial charge < -0.3 is 20.2 Å². The zero-order valence-corrected chi connectivity index (χ0v) is 18.2. The first-order valence-corrected chi connectivity index (χ1v) is 11.2. The van der Waals surface area contributed by atoms with E-state index in [0.29, 0.717) is 18.1 Å². The van der Waals surface area contributed by atoms with Crippen LogP contribution in [0.5, 0.6) is 0 Å². The first kappa shape index (κ1) is 18.9. The summed E-state index contributed by atoms with van der Waals surface area (Å²) in [5.74, 6) is 1.24. The maximum Gasteiger partial charge on any atom is 0.246 e. The van der Waals surface area contributed by atoms with Gasteiger partial charge in [-0.3, -0.25) is 4.79 Å². The van der Waals surface area contributed by atoms with E-state index in [1.165, 1.54) is 11.7 Å². The molecular weight excluding hydrogens is 414 g/mol. The maximum atomic E-state index is 12.7. The molecule has 2 N–H and O–H groups in total. The Bertz CT molecular complexity index is 1220. The summed E-state index contributed by atoms with van der Waals surface area (Å²) >= 11 is 1.19. The number of nitrogens with zero attached hydrogens (tertiary/aromatic N) is 6. The number of amides is 1. The topological polar surface area (TPSA) is 107 Å². The van der Waals surface area contributed by atoms with E-state index in [0.717, 1.165) is 53.8 Å². The van der Waals surface area contributed by atoms with Crippen LogP contribution < -0.4 is 15.1 Å². The van der Waals surface area contributed by atoms with Gasteiger partial charge in [-0.1, -0.05) is 0 Å². The van der Waals surface area contributed by atoms with Gasteiger partial charge in [-0.15, -0.1) is 0 Å². The fourth-order valence-corrected chi connectivity index (χ4v) is 5.92. The second kappa shape index (κ2) is 6.33. The number of anilines is 4. The van der Waals surface area contributed by atoms with E-state index in [-0.39, 0.29) is 18.0 Å². The van der Waals surface area contributed by atoms with Crippen LogP contribution in [-0.2, 0) is 4.79 Å². The Kier molecular flexibility index (Phi) is 3.86. The van der Waals surface area contributed by atoms with Gasteiger partial charge in [0.05, 0.1) is 30.1 Å². The van der Waals surface area contributed by atoms with Crippen LogP contribution in [-0.4, -0.2) is 54.5 Å². The molecule has 1 amide bonds. The molecule has 3 heterocycles. The smallest absolute Gasteiger partial charge is 0.246 e. The van der Waals surface area contributed by atoms with Gasteiger partial charge >= 0.3 is 0 Å². The molecule has 2 bridgehead atoms. The first-order chi connectivity index (χ1) is 14.9.